The van der Waals surface area contributed by atoms with Crippen LogP contribution in [0.2, 0.25) is 0 Å². The van der Waals surface area contributed by atoms with Gasteiger partial charge in [-0.1, -0.05) is 19.3 Å². The Hall–Kier alpha value is -1.43. The standard InChI is InChI=1S/C14H22N3O2S/c1-2-17(20(18)19)12-8-9-14(13(15)10-12)16-11-6-4-3-5-7-11/h8-11,16,20H,1-7,15H2. The first-order valence-electron chi connectivity index (χ1n) is 6.99. The van der Waals surface area contributed by atoms with Crippen molar-refractivity contribution in [3.8, 4) is 0 Å². The Kier molecular flexibility index (Phi) is 5.11. The summed E-state index contributed by atoms with van der Waals surface area (Å²) in [5, 5.41) is 3.45. The molecule has 2 rings (SSSR count). The smallest absolute Gasteiger partial charge is 0.225 e. The molecule has 1 aromatic carbocycles. The van der Waals surface area contributed by atoms with Gasteiger partial charge in [0.1, 0.15) is 0 Å². The van der Waals surface area contributed by atoms with Crippen LogP contribution in [0, 0.1) is 6.92 Å². The molecule has 0 atom stereocenters. The van der Waals surface area contributed by atoms with Crippen LogP contribution in [0.5, 0.6) is 0 Å². The molecule has 0 aliphatic heterocycles. The molecule has 0 spiro atoms. The lowest BCUT2D eigenvalue weighted by atomic mass is 9.95. The van der Waals surface area contributed by atoms with Crippen LogP contribution in [-0.2, 0) is 10.9 Å². The lowest BCUT2D eigenvalue weighted by Crippen LogP contribution is -2.23. The third kappa shape index (κ3) is 3.56. The first-order valence-corrected chi connectivity index (χ1v) is 8.12. The van der Waals surface area contributed by atoms with Gasteiger partial charge in [-0.3, -0.25) is 4.31 Å². The number of nitrogens with two attached hydrogens (primary N) is 1. The maximum Gasteiger partial charge on any atom is 0.225 e. The van der Waals surface area contributed by atoms with Crippen molar-refractivity contribution in [1.29, 1.82) is 0 Å². The molecule has 0 unspecified atom stereocenters. The van der Waals surface area contributed by atoms with Gasteiger partial charge in [0.05, 0.1) is 17.1 Å². The number of benzene rings is 1. The first-order chi connectivity index (χ1) is 9.61. The maximum absolute atomic E-state index is 11.1. The summed E-state index contributed by atoms with van der Waals surface area (Å²) in [5.41, 5.74) is 8.04. The zero-order chi connectivity index (χ0) is 14.5. The fraction of sp³-hybridized carbons (Fsp3) is 0.500. The SMILES string of the molecule is [CH2]CN(c1ccc(NC2CCCCC2)c(N)c1)[SH](=O)=O. The first kappa shape index (κ1) is 15.0. The van der Waals surface area contributed by atoms with E-state index in [0.29, 0.717) is 17.4 Å². The van der Waals surface area contributed by atoms with E-state index in [9.17, 15) is 8.42 Å². The summed E-state index contributed by atoms with van der Waals surface area (Å²) in [6, 6.07) is 5.76. The average Bonchev–Trinajstić information content (AvgIpc) is 2.43. The summed E-state index contributed by atoms with van der Waals surface area (Å²) in [6.45, 7) is 3.78. The van der Waals surface area contributed by atoms with Crippen molar-refractivity contribution < 1.29 is 8.42 Å². The summed E-state index contributed by atoms with van der Waals surface area (Å²) in [7, 11) is -2.68. The number of nitrogens with one attached hydrogen (secondary N) is 1. The number of nitrogens with zero attached hydrogens (tertiary/aromatic N) is 1. The summed E-state index contributed by atoms with van der Waals surface area (Å²) in [4.78, 5) is 0. The molecule has 1 saturated carbocycles. The number of rotatable bonds is 5. The summed E-state index contributed by atoms with van der Waals surface area (Å²) in [6.07, 6.45) is 6.14. The van der Waals surface area contributed by atoms with Gasteiger partial charge in [0, 0.05) is 12.6 Å². The number of nitrogen functional groups attached to an aromatic ring is 1. The van der Waals surface area contributed by atoms with Gasteiger partial charge < -0.3 is 11.1 Å². The molecular weight excluding hydrogens is 274 g/mol. The molecule has 1 fully saturated rings. The third-order valence-electron chi connectivity index (χ3n) is 3.71. The Morgan fingerprint density at radius 1 is 1.30 bits per heavy atom. The third-order valence-corrected chi connectivity index (χ3v) is 4.53. The van der Waals surface area contributed by atoms with Crippen LogP contribution < -0.4 is 15.4 Å². The zero-order valence-electron chi connectivity index (χ0n) is 11.5. The molecule has 1 aliphatic carbocycles. The molecule has 1 aliphatic rings. The molecule has 1 radical (unpaired) electrons. The Bertz CT molecular complexity index is 517. The molecule has 0 saturated heterocycles. The van der Waals surface area contributed by atoms with E-state index in [1.165, 1.54) is 36.4 Å². The summed E-state index contributed by atoms with van der Waals surface area (Å²) >= 11 is 0. The topological polar surface area (TPSA) is 75.4 Å². The molecule has 0 bridgehead atoms. The van der Waals surface area contributed by atoms with E-state index in [-0.39, 0.29) is 6.54 Å². The highest BCUT2D eigenvalue weighted by atomic mass is 32.2. The number of hydrogen-bond acceptors (Lipinski definition) is 4. The second kappa shape index (κ2) is 6.83. The van der Waals surface area contributed by atoms with Gasteiger partial charge in [-0.15, -0.1) is 0 Å². The van der Waals surface area contributed by atoms with Crippen molar-refractivity contribution in [2.75, 3.05) is 21.9 Å². The highest BCUT2D eigenvalue weighted by Crippen LogP contribution is 2.28. The van der Waals surface area contributed by atoms with E-state index >= 15 is 0 Å². The average molecular weight is 296 g/mol. The molecule has 111 valence electrons. The molecular formula is C14H22N3O2S. The predicted molar refractivity (Wildman–Crippen MR) is 84.4 cm³/mol. The Labute approximate surface area is 122 Å². The molecule has 0 aromatic heterocycles. The normalized spacial score (nSPS) is 16.3. The second-order valence-electron chi connectivity index (χ2n) is 5.11. The van der Waals surface area contributed by atoms with E-state index in [0.717, 1.165) is 5.69 Å². The van der Waals surface area contributed by atoms with Crippen LogP contribution in [0.15, 0.2) is 18.2 Å². The van der Waals surface area contributed by atoms with Crippen molar-refractivity contribution in [3.63, 3.8) is 0 Å². The number of anilines is 3. The number of thiol groups is 1. The molecule has 1 aromatic rings. The molecule has 3 N–H and O–H groups in total. The minimum absolute atomic E-state index is 0.160. The second-order valence-corrected chi connectivity index (χ2v) is 6.07. The Balaban J connectivity index is 2.12. The lowest BCUT2D eigenvalue weighted by molar-refractivity contribution is 0.463. The van der Waals surface area contributed by atoms with Crippen LogP contribution in [-0.4, -0.2) is 21.0 Å². The highest BCUT2D eigenvalue weighted by molar-refractivity contribution is 7.74. The quantitative estimate of drug-likeness (QED) is 0.575. The van der Waals surface area contributed by atoms with Gasteiger partial charge in [0.15, 0.2) is 0 Å². The monoisotopic (exact) mass is 296 g/mol. The maximum atomic E-state index is 11.1. The van der Waals surface area contributed by atoms with E-state index in [2.05, 4.69) is 12.2 Å². The van der Waals surface area contributed by atoms with Crippen molar-refractivity contribution in [3.05, 3.63) is 25.1 Å². The molecule has 20 heavy (non-hydrogen) atoms. The van der Waals surface area contributed by atoms with Crippen molar-refractivity contribution in [2.24, 2.45) is 0 Å². The predicted octanol–water partition coefficient (Wildman–Crippen LogP) is 2.18. The molecule has 0 amide bonds. The van der Waals surface area contributed by atoms with Crippen LogP contribution in [0.1, 0.15) is 32.1 Å². The van der Waals surface area contributed by atoms with Crippen LogP contribution >= 0.6 is 0 Å². The minimum atomic E-state index is -2.68. The van der Waals surface area contributed by atoms with Gasteiger partial charge in [-0.2, -0.15) is 0 Å². The van der Waals surface area contributed by atoms with Gasteiger partial charge in [0.25, 0.3) is 0 Å². The van der Waals surface area contributed by atoms with Crippen LogP contribution in [0.25, 0.3) is 0 Å². The summed E-state index contributed by atoms with van der Waals surface area (Å²) < 4.78 is 23.4. The Morgan fingerprint density at radius 3 is 2.55 bits per heavy atom. The van der Waals surface area contributed by atoms with Crippen LogP contribution in [0.4, 0.5) is 17.1 Å². The minimum Gasteiger partial charge on any atom is -0.397 e. The van der Waals surface area contributed by atoms with Gasteiger partial charge >= 0.3 is 0 Å². The largest absolute Gasteiger partial charge is 0.397 e. The molecule has 6 heteroatoms. The van der Waals surface area contributed by atoms with Gasteiger partial charge in [0.2, 0.25) is 10.9 Å². The fourth-order valence-electron chi connectivity index (χ4n) is 2.61. The molecule has 5 nitrogen and oxygen atoms in total. The van der Waals surface area contributed by atoms with E-state index in [1.54, 1.807) is 12.1 Å². The molecule has 0 heterocycles. The van der Waals surface area contributed by atoms with Crippen molar-refractivity contribution in [2.45, 2.75) is 38.1 Å². The number of hydrogen-bond donors (Lipinski definition) is 3. The zero-order valence-corrected chi connectivity index (χ0v) is 12.4. The fourth-order valence-corrected chi connectivity index (χ4v) is 3.09. The van der Waals surface area contributed by atoms with E-state index in [4.69, 9.17) is 5.73 Å². The van der Waals surface area contributed by atoms with Gasteiger partial charge in [-0.25, -0.2) is 8.42 Å². The van der Waals surface area contributed by atoms with Crippen molar-refractivity contribution >= 4 is 28.0 Å². The van der Waals surface area contributed by atoms with Crippen molar-refractivity contribution in [1.82, 2.24) is 0 Å². The van der Waals surface area contributed by atoms with E-state index in [1.807, 2.05) is 6.07 Å². The van der Waals surface area contributed by atoms with Crippen LogP contribution in [0.3, 0.4) is 0 Å². The van der Waals surface area contributed by atoms with Gasteiger partial charge in [-0.05, 0) is 38.0 Å². The van der Waals surface area contributed by atoms with E-state index < -0.39 is 10.9 Å². The lowest BCUT2D eigenvalue weighted by Gasteiger charge is -2.25. The highest BCUT2D eigenvalue weighted by Gasteiger charge is 2.15. The summed E-state index contributed by atoms with van der Waals surface area (Å²) in [5.74, 6) is 0. The Morgan fingerprint density at radius 2 is 2.00 bits per heavy atom.